The smallest absolute Gasteiger partial charge is 0.141 e. The minimum absolute atomic E-state index is 0.815. The average Bonchev–Trinajstić information content (AvgIpc) is 3.13. The lowest BCUT2D eigenvalue weighted by molar-refractivity contribution is 0.393. The zero-order valence-electron chi connectivity index (χ0n) is 13.2. The van der Waals surface area contributed by atoms with Crippen molar-refractivity contribution in [2.75, 3.05) is 0 Å². The molecule has 0 aliphatic heterocycles. The maximum absolute atomic E-state index is 5.32. The quantitative estimate of drug-likeness (QED) is 0.602. The Balaban J connectivity index is 2.05. The number of nitrogens with zero attached hydrogens (tertiary/aromatic N) is 3. The van der Waals surface area contributed by atoms with Crippen LogP contribution in [0.3, 0.4) is 0 Å². The first-order chi connectivity index (χ1) is 11.1. The normalized spacial score (nSPS) is 11.3. The minimum atomic E-state index is 0.815. The fourth-order valence-electron chi connectivity index (χ4n) is 3.06. The second-order valence-corrected chi connectivity index (χ2v) is 5.66. The van der Waals surface area contributed by atoms with Gasteiger partial charge in [-0.25, -0.2) is 4.98 Å². The van der Waals surface area contributed by atoms with Gasteiger partial charge in [-0.05, 0) is 44.5 Å². The first-order valence-electron chi connectivity index (χ1n) is 7.47. The Morgan fingerprint density at radius 1 is 1.00 bits per heavy atom. The van der Waals surface area contributed by atoms with Crippen molar-refractivity contribution in [3.8, 4) is 22.3 Å². The lowest BCUT2D eigenvalue weighted by atomic mass is 9.96. The highest BCUT2D eigenvalue weighted by molar-refractivity contribution is 5.96. The first kappa shape index (κ1) is 13.7. The molecule has 0 unspecified atom stereocenters. The number of benzene rings is 1. The molecule has 114 valence electrons. The van der Waals surface area contributed by atoms with Crippen LogP contribution in [0.4, 0.5) is 0 Å². The molecule has 0 fully saturated rings. The van der Waals surface area contributed by atoms with Crippen LogP contribution in [0.15, 0.2) is 41.3 Å². The molecule has 4 aromatic rings. The lowest BCUT2D eigenvalue weighted by Crippen LogP contribution is -1.90. The zero-order valence-corrected chi connectivity index (χ0v) is 13.2. The summed E-state index contributed by atoms with van der Waals surface area (Å²) in [6.45, 7) is 5.90. The van der Waals surface area contributed by atoms with E-state index in [4.69, 9.17) is 4.52 Å². The molecule has 0 aliphatic carbocycles. The average molecular weight is 304 g/mol. The van der Waals surface area contributed by atoms with E-state index >= 15 is 0 Å². The predicted octanol–water partition coefficient (Wildman–Crippen LogP) is 4.21. The summed E-state index contributed by atoms with van der Waals surface area (Å²) in [6, 6.07) is 8.25. The van der Waals surface area contributed by atoms with Crippen molar-refractivity contribution < 1.29 is 4.52 Å². The Morgan fingerprint density at radius 3 is 2.61 bits per heavy atom. The van der Waals surface area contributed by atoms with Crippen molar-refractivity contribution in [1.29, 1.82) is 0 Å². The van der Waals surface area contributed by atoms with E-state index in [1.165, 1.54) is 0 Å². The van der Waals surface area contributed by atoms with Gasteiger partial charge in [-0.15, -0.1) is 0 Å². The van der Waals surface area contributed by atoms with Crippen molar-refractivity contribution in [3.05, 3.63) is 53.9 Å². The number of nitrogens with one attached hydrogen (secondary N) is 1. The first-order valence-corrected chi connectivity index (χ1v) is 7.47. The highest BCUT2D eigenvalue weighted by Gasteiger charge is 2.16. The van der Waals surface area contributed by atoms with Gasteiger partial charge in [-0.3, -0.25) is 4.98 Å². The third-order valence-corrected chi connectivity index (χ3v) is 4.14. The number of hydrogen-bond donors (Lipinski definition) is 1. The SMILES string of the molecule is Cc1ncccc1-c1cc(-c2c(C)noc2C)cc2[nH]cnc12. The van der Waals surface area contributed by atoms with Gasteiger partial charge in [-0.2, -0.15) is 0 Å². The molecular weight excluding hydrogens is 288 g/mol. The highest BCUT2D eigenvalue weighted by atomic mass is 16.5. The molecule has 0 spiro atoms. The number of aromatic nitrogens is 4. The Morgan fingerprint density at radius 2 is 1.87 bits per heavy atom. The molecular formula is C18H16N4O. The Kier molecular flexibility index (Phi) is 3.01. The van der Waals surface area contributed by atoms with E-state index in [1.54, 1.807) is 12.5 Å². The monoisotopic (exact) mass is 304 g/mol. The van der Waals surface area contributed by atoms with E-state index in [0.717, 1.165) is 50.4 Å². The molecule has 0 saturated carbocycles. The fraction of sp³-hybridized carbons (Fsp3) is 0.167. The maximum Gasteiger partial charge on any atom is 0.141 e. The van der Waals surface area contributed by atoms with Crippen LogP contribution in [0, 0.1) is 20.8 Å². The molecule has 5 nitrogen and oxygen atoms in total. The van der Waals surface area contributed by atoms with E-state index < -0.39 is 0 Å². The number of pyridine rings is 1. The molecule has 3 aromatic heterocycles. The number of fused-ring (bicyclic) bond motifs is 1. The number of H-pyrrole nitrogens is 1. The number of rotatable bonds is 2. The van der Waals surface area contributed by atoms with E-state index in [2.05, 4.69) is 38.3 Å². The maximum atomic E-state index is 5.32. The second kappa shape index (κ2) is 5.05. The van der Waals surface area contributed by atoms with Gasteiger partial charge in [0, 0.05) is 28.6 Å². The Hall–Kier alpha value is -2.95. The third-order valence-electron chi connectivity index (χ3n) is 4.14. The van der Waals surface area contributed by atoms with Gasteiger partial charge in [0.1, 0.15) is 5.76 Å². The Bertz CT molecular complexity index is 993. The van der Waals surface area contributed by atoms with Crippen molar-refractivity contribution in [1.82, 2.24) is 20.1 Å². The fourth-order valence-corrected chi connectivity index (χ4v) is 3.06. The molecule has 0 amide bonds. The van der Waals surface area contributed by atoms with Gasteiger partial charge in [0.15, 0.2) is 0 Å². The molecule has 0 bridgehead atoms. The highest BCUT2D eigenvalue weighted by Crippen LogP contribution is 2.35. The summed E-state index contributed by atoms with van der Waals surface area (Å²) < 4.78 is 5.32. The molecule has 0 radical (unpaired) electrons. The topological polar surface area (TPSA) is 67.6 Å². The van der Waals surface area contributed by atoms with Crippen LogP contribution in [-0.4, -0.2) is 20.1 Å². The van der Waals surface area contributed by atoms with Crippen molar-refractivity contribution in [2.45, 2.75) is 20.8 Å². The standard InChI is InChI=1S/C18H16N4O/c1-10-14(5-4-6-19-10)15-7-13(8-16-18(15)21-9-20-16)17-11(2)22-23-12(17)3/h4-9H,1-3H3,(H,20,21). The number of hydrogen-bond acceptors (Lipinski definition) is 4. The molecule has 3 heterocycles. The summed E-state index contributed by atoms with van der Waals surface area (Å²) in [4.78, 5) is 12.1. The summed E-state index contributed by atoms with van der Waals surface area (Å²) in [6.07, 6.45) is 3.52. The van der Waals surface area contributed by atoms with E-state index in [1.807, 2.05) is 26.8 Å². The minimum Gasteiger partial charge on any atom is -0.361 e. The van der Waals surface area contributed by atoms with E-state index in [0.29, 0.717) is 0 Å². The predicted molar refractivity (Wildman–Crippen MR) is 89.0 cm³/mol. The van der Waals surface area contributed by atoms with Gasteiger partial charge < -0.3 is 9.51 Å². The second-order valence-electron chi connectivity index (χ2n) is 5.66. The molecule has 5 heteroatoms. The number of imidazole rings is 1. The van der Waals surface area contributed by atoms with Gasteiger partial charge in [0.2, 0.25) is 0 Å². The largest absolute Gasteiger partial charge is 0.361 e. The zero-order chi connectivity index (χ0) is 16.0. The van der Waals surface area contributed by atoms with Gasteiger partial charge in [-0.1, -0.05) is 11.2 Å². The summed E-state index contributed by atoms with van der Waals surface area (Å²) >= 11 is 0. The molecule has 0 aliphatic rings. The molecule has 4 rings (SSSR count). The van der Waals surface area contributed by atoms with Gasteiger partial charge >= 0.3 is 0 Å². The van der Waals surface area contributed by atoms with E-state index in [-0.39, 0.29) is 0 Å². The van der Waals surface area contributed by atoms with Crippen LogP contribution < -0.4 is 0 Å². The Labute approximate surface area is 133 Å². The summed E-state index contributed by atoms with van der Waals surface area (Å²) in [5, 5.41) is 4.07. The van der Waals surface area contributed by atoms with Crippen LogP contribution in [-0.2, 0) is 0 Å². The molecule has 23 heavy (non-hydrogen) atoms. The van der Waals surface area contributed by atoms with Crippen molar-refractivity contribution >= 4 is 11.0 Å². The van der Waals surface area contributed by atoms with Crippen molar-refractivity contribution in [2.24, 2.45) is 0 Å². The van der Waals surface area contributed by atoms with Crippen LogP contribution >= 0.6 is 0 Å². The number of aryl methyl sites for hydroxylation is 3. The van der Waals surface area contributed by atoms with Gasteiger partial charge in [0.25, 0.3) is 0 Å². The molecule has 1 N–H and O–H groups in total. The van der Waals surface area contributed by atoms with E-state index in [9.17, 15) is 0 Å². The summed E-state index contributed by atoms with van der Waals surface area (Å²) in [5.74, 6) is 0.815. The van der Waals surface area contributed by atoms with Crippen molar-refractivity contribution in [3.63, 3.8) is 0 Å². The molecule has 1 aromatic carbocycles. The summed E-state index contributed by atoms with van der Waals surface area (Å²) in [5.41, 5.74) is 8.03. The van der Waals surface area contributed by atoms with Gasteiger partial charge in [0.05, 0.1) is 23.1 Å². The van der Waals surface area contributed by atoms with Crippen LogP contribution in [0.1, 0.15) is 17.1 Å². The third kappa shape index (κ3) is 2.12. The van der Waals surface area contributed by atoms with Crippen LogP contribution in [0.25, 0.3) is 33.3 Å². The lowest BCUT2D eigenvalue weighted by Gasteiger charge is -2.09. The van der Waals surface area contributed by atoms with Crippen LogP contribution in [0.2, 0.25) is 0 Å². The molecule has 0 saturated heterocycles. The molecule has 0 atom stereocenters. The number of aromatic amines is 1. The summed E-state index contributed by atoms with van der Waals surface area (Å²) in [7, 11) is 0. The van der Waals surface area contributed by atoms with Crippen LogP contribution in [0.5, 0.6) is 0 Å².